The van der Waals surface area contributed by atoms with Crippen LogP contribution in [0.2, 0.25) is 9.36 Å². The Morgan fingerprint density at radius 2 is 2.05 bits per heavy atom. The fourth-order valence-corrected chi connectivity index (χ4v) is 4.00. The summed E-state index contributed by atoms with van der Waals surface area (Å²) in [5.41, 5.74) is -0.457. The molecule has 0 fully saturated rings. The van der Waals surface area contributed by atoms with Crippen LogP contribution in [0.5, 0.6) is 0 Å². The number of nitrogens with zero attached hydrogens (tertiary/aromatic N) is 2. The van der Waals surface area contributed by atoms with Gasteiger partial charge in [-0.15, -0.1) is 11.3 Å². The van der Waals surface area contributed by atoms with Crippen LogP contribution in [0, 0.1) is 10.1 Å². The van der Waals surface area contributed by atoms with Gasteiger partial charge in [-0.25, -0.2) is 13.4 Å². The molecular formula is C9H5Cl2N3O4S2. The lowest BCUT2D eigenvalue weighted by atomic mass is 10.5. The zero-order chi connectivity index (χ0) is 14.9. The minimum Gasteiger partial charge on any atom is -0.263 e. The molecule has 7 nitrogen and oxygen atoms in total. The van der Waals surface area contributed by atoms with Crippen molar-refractivity contribution < 1.29 is 13.3 Å². The molecule has 2 heterocycles. The summed E-state index contributed by atoms with van der Waals surface area (Å²) in [5, 5.41) is 11.0. The third-order valence-corrected chi connectivity index (χ3v) is 5.46. The van der Waals surface area contributed by atoms with Gasteiger partial charge in [0.15, 0.2) is 4.34 Å². The van der Waals surface area contributed by atoms with Crippen molar-refractivity contribution in [2.24, 2.45) is 0 Å². The van der Waals surface area contributed by atoms with Gasteiger partial charge < -0.3 is 0 Å². The van der Waals surface area contributed by atoms with Crippen LogP contribution in [0.4, 0.5) is 11.5 Å². The summed E-state index contributed by atoms with van der Waals surface area (Å²) in [7, 11) is -3.99. The van der Waals surface area contributed by atoms with E-state index in [1.807, 2.05) is 0 Å². The predicted octanol–water partition coefficient (Wildman–Crippen LogP) is 3.16. The molecule has 0 saturated heterocycles. The van der Waals surface area contributed by atoms with Crippen LogP contribution >= 0.6 is 34.5 Å². The number of sulfonamides is 1. The van der Waals surface area contributed by atoms with E-state index in [1.54, 1.807) is 0 Å². The highest BCUT2D eigenvalue weighted by atomic mass is 35.5. The molecule has 1 N–H and O–H groups in total. The summed E-state index contributed by atoms with van der Waals surface area (Å²) >= 11 is 11.8. The Labute approximate surface area is 127 Å². The summed E-state index contributed by atoms with van der Waals surface area (Å²) in [4.78, 5) is 13.7. The van der Waals surface area contributed by atoms with Crippen LogP contribution in [-0.4, -0.2) is 18.3 Å². The molecule has 0 bridgehead atoms. The van der Waals surface area contributed by atoms with E-state index in [1.165, 1.54) is 18.3 Å². The Morgan fingerprint density at radius 1 is 1.35 bits per heavy atom. The highest BCUT2D eigenvalue weighted by Gasteiger charge is 2.25. The molecule has 0 amide bonds. The van der Waals surface area contributed by atoms with E-state index in [0.717, 1.165) is 6.07 Å². The average Bonchev–Trinajstić information content (AvgIpc) is 2.75. The van der Waals surface area contributed by atoms with Gasteiger partial charge in [0.05, 0.1) is 9.95 Å². The lowest BCUT2D eigenvalue weighted by Crippen LogP contribution is -2.12. The molecule has 0 aromatic carbocycles. The molecule has 11 heteroatoms. The fourth-order valence-electron chi connectivity index (χ4n) is 1.22. The molecule has 0 unspecified atom stereocenters. The Balaban J connectivity index is 2.33. The van der Waals surface area contributed by atoms with E-state index >= 15 is 0 Å². The van der Waals surface area contributed by atoms with Crippen molar-refractivity contribution in [2.45, 2.75) is 4.21 Å². The standard InChI is InChI=1S/C9H5Cl2N3O4S2/c10-5-1-2-7(12-4-5)13-20(17,18)8-3-6(14(15)16)9(11)19-8/h1-4H,(H,12,13). The monoisotopic (exact) mass is 353 g/mol. The van der Waals surface area contributed by atoms with Gasteiger partial charge in [0, 0.05) is 12.3 Å². The van der Waals surface area contributed by atoms with E-state index in [2.05, 4.69) is 9.71 Å². The number of hydrogen-bond donors (Lipinski definition) is 1. The number of rotatable bonds is 4. The Morgan fingerprint density at radius 3 is 2.55 bits per heavy atom. The van der Waals surface area contributed by atoms with E-state index in [4.69, 9.17) is 23.2 Å². The predicted molar refractivity (Wildman–Crippen MR) is 76.0 cm³/mol. The van der Waals surface area contributed by atoms with Crippen LogP contribution in [0.25, 0.3) is 0 Å². The number of nitro groups is 1. The fraction of sp³-hybridized carbons (Fsp3) is 0. The van der Waals surface area contributed by atoms with Crippen molar-refractivity contribution in [3.05, 3.63) is 43.9 Å². The normalized spacial score (nSPS) is 11.3. The Bertz CT molecular complexity index is 758. The van der Waals surface area contributed by atoms with Crippen molar-refractivity contribution in [3.63, 3.8) is 0 Å². The second-order valence-corrected chi connectivity index (χ2v) is 7.45. The first-order chi connectivity index (χ1) is 9.29. The number of pyridine rings is 1. The molecule has 2 aromatic heterocycles. The van der Waals surface area contributed by atoms with Gasteiger partial charge >= 0.3 is 0 Å². The largest absolute Gasteiger partial charge is 0.300 e. The molecule has 0 aliphatic heterocycles. The summed E-state index contributed by atoms with van der Waals surface area (Å²) < 4.78 is 25.7. The van der Waals surface area contributed by atoms with Gasteiger partial charge in [0.1, 0.15) is 10.0 Å². The molecule has 20 heavy (non-hydrogen) atoms. The van der Waals surface area contributed by atoms with Gasteiger partial charge in [-0.1, -0.05) is 23.2 Å². The zero-order valence-corrected chi connectivity index (χ0v) is 12.6. The molecule has 0 saturated carbocycles. The number of aromatic nitrogens is 1. The maximum absolute atomic E-state index is 12.0. The van der Waals surface area contributed by atoms with Crippen molar-refractivity contribution in [3.8, 4) is 0 Å². The van der Waals surface area contributed by atoms with Crippen molar-refractivity contribution in [1.29, 1.82) is 0 Å². The zero-order valence-electron chi connectivity index (χ0n) is 9.41. The summed E-state index contributed by atoms with van der Waals surface area (Å²) in [6, 6.07) is 3.71. The van der Waals surface area contributed by atoms with Gasteiger partial charge in [0.25, 0.3) is 15.7 Å². The van der Waals surface area contributed by atoms with Gasteiger partial charge in [0.2, 0.25) is 0 Å². The average molecular weight is 354 g/mol. The van der Waals surface area contributed by atoms with E-state index in [-0.39, 0.29) is 14.4 Å². The topological polar surface area (TPSA) is 102 Å². The SMILES string of the molecule is O=[N+]([O-])c1cc(S(=O)(=O)Nc2ccc(Cl)cn2)sc1Cl. The molecule has 0 radical (unpaired) electrons. The summed E-state index contributed by atoms with van der Waals surface area (Å²) in [6.07, 6.45) is 1.27. The molecule has 106 valence electrons. The number of halogens is 2. The quantitative estimate of drug-likeness (QED) is 0.671. The van der Waals surface area contributed by atoms with Crippen molar-refractivity contribution in [2.75, 3.05) is 4.72 Å². The van der Waals surface area contributed by atoms with Crippen molar-refractivity contribution >= 4 is 56.1 Å². The molecule has 0 aliphatic rings. The first-order valence-electron chi connectivity index (χ1n) is 4.88. The minimum atomic E-state index is -3.99. The van der Waals surface area contributed by atoms with Crippen LogP contribution in [0.3, 0.4) is 0 Å². The Hall–Kier alpha value is -1.42. The second kappa shape index (κ2) is 5.52. The molecule has 2 aromatic rings. The number of nitrogens with one attached hydrogen (secondary N) is 1. The molecular weight excluding hydrogens is 349 g/mol. The minimum absolute atomic E-state index is 0.0431. The highest BCUT2D eigenvalue weighted by molar-refractivity contribution is 7.94. The van der Waals surface area contributed by atoms with Crippen LogP contribution in [0.15, 0.2) is 28.6 Å². The number of anilines is 1. The van der Waals surface area contributed by atoms with Gasteiger partial charge in [-0.2, -0.15) is 0 Å². The van der Waals surface area contributed by atoms with E-state index in [9.17, 15) is 18.5 Å². The van der Waals surface area contributed by atoms with Crippen LogP contribution in [-0.2, 0) is 10.0 Å². The highest BCUT2D eigenvalue weighted by Crippen LogP contribution is 2.36. The lowest BCUT2D eigenvalue weighted by molar-refractivity contribution is -0.384. The molecule has 0 aliphatic carbocycles. The first-order valence-corrected chi connectivity index (χ1v) is 7.93. The second-order valence-electron chi connectivity index (χ2n) is 3.45. The summed E-state index contributed by atoms with van der Waals surface area (Å²) in [6.45, 7) is 0. The van der Waals surface area contributed by atoms with Gasteiger partial charge in [-0.05, 0) is 12.1 Å². The maximum atomic E-state index is 12.0. The Kier molecular flexibility index (Phi) is 4.14. The third-order valence-electron chi connectivity index (χ3n) is 2.07. The van der Waals surface area contributed by atoms with Crippen molar-refractivity contribution in [1.82, 2.24) is 4.98 Å². The van der Waals surface area contributed by atoms with E-state index in [0.29, 0.717) is 16.4 Å². The van der Waals surface area contributed by atoms with Crippen LogP contribution in [0.1, 0.15) is 0 Å². The van der Waals surface area contributed by atoms with E-state index < -0.39 is 20.6 Å². The number of hydrogen-bond acceptors (Lipinski definition) is 6. The number of thiophene rings is 1. The first kappa shape index (κ1) is 15.0. The molecule has 0 atom stereocenters. The van der Waals surface area contributed by atoms with Gasteiger partial charge in [-0.3, -0.25) is 14.8 Å². The lowest BCUT2D eigenvalue weighted by Gasteiger charge is -2.04. The summed E-state index contributed by atoms with van der Waals surface area (Å²) in [5.74, 6) is 0.0431. The smallest absolute Gasteiger partial charge is 0.263 e. The third kappa shape index (κ3) is 3.18. The maximum Gasteiger partial charge on any atom is 0.300 e. The molecule has 2 rings (SSSR count). The van der Waals surface area contributed by atoms with Crippen LogP contribution < -0.4 is 4.72 Å². The molecule has 0 spiro atoms.